The number of benzene rings is 2. The summed E-state index contributed by atoms with van der Waals surface area (Å²) in [5.74, 6) is -0.208. The molecule has 0 radical (unpaired) electrons. The van der Waals surface area contributed by atoms with Gasteiger partial charge in [-0.25, -0.2) is 9.07 Å². The molecule has 0 unspecified atom stereocenters. The van der Waals surface area contributed by atoms with E-state index in [4.69, 9.17) is 16.3 Å². The van der Waals surface area contributed by atoms with E-state index in [2.05, 4.69) is 15.7 Å². The number of hydrogen-bond acceptors (Lipinski definition) is 4. The molecule has 148 valence electrons. The third-order valence-electron chi connectivity index (χ3n) is 4.60. The maximum absolute atomic E-state index is 13.2. The van der Waals surface area contributed by atoms with E-state index in [0.29, 0.717) is 33.4 Å². The summed E-state index contributed by atoms with van der Waals surface area (Å²) < 4.78 is 19.8. The topological polar surface area (TPSA) is 85.2 Å². The molecule has 0 bridgehead atoms. The number of halogens is 2. The number of fused-ring (bicyclic) bond motifs is 1. The minimum Gasteiger partial charge on any atom is -0.495 e. The average Bonchev–Trinajstić information content (AvgIpc) is 3.11. The summed E-state index contributed by atoms with van der Waals surface area (Å²) in [5.41, 5.74) is 1.75. The van der Waals surface area contributed by atoms with Gasteiger partial charge in [0.05, 0.1) is 24.8 Å². The average molecular weight is 415 g/mol. The van der Waals surface area contributed by atoms with E-state index in [1.807, 2.05) is 0 Å². The monoisotopic (exact) mass is 414 g/mol. The largest absolute Gasteiger partial charge is 0.495 e. The maximum atomic E-state index is 13.2. The molecule has 1 aliphatic rings. The van der Waals surface area contributed by atoms with Crippen LogP contribution in [0.3, 0.4) is 0 Å². The summed E-state index contributed by atoms with van der Waals surface area (Å²) >= 11 is 6.10. The van der Waals surface area contributed by atoms with Crippen molar-refractivity contribution in [1.29, 1.82) is 0 Å². The van der Waals surface area contributed by atoms with Crippen LogP contribution in [-0.2, 0) is 9.59 Å². The van der Waals surface area contributed by atoms with Crippen LogP contribution in [0, 0.1) is 5.82 Å². The second-order valence-corrected chi connectivity index (χ2v) is 6.87. The second kappa shape index (κ2) is 7.56. The summed E-state index contributed by atoms with van der Waals surface area (Å²) in [6.45, 7) is 0. The van der Waals surface area contributed by atoms with Gasteiger partial charge in [-0.05, 0) is 35.9 Å². The third-order valence-corrected chi connectivity index (χ3v) is 4.90. The van der Waals surface area contributed by atoms with E-state index in [1.54, 1.807) is 36.5 Å². The van der Waals surface area contributed by atoms with Crippen LogP contribution in [0.15, 0.2) is 48.7 Å². The van der Waals surface area contributed by atoms with Gasteiger partial charge in [0.1, 0.15) is 23.4 Å². The maximum Gasteiger partial charge on any atom is 0.249 e. The predicted octanol–water partition coefficient (Wildman–Crippen LogP) is 3.87. The quantitative estimate of drug-likeness (QED) is 0.678. The minimum absolute atomic E-state index is 0.0622. The molecular formula is C20H16ClFN4O3. The van der Waals surface area contributed by atoms with Crippen molar-refractivity contribution in [2.75, 3.05) is 17.7 Å². The van der Waals surface area contributed by atoms with Gasteiger partial charge in [-0.15, -0.1) is 0 Å². The Balaban J connectivity index is 1.63. The Morgan fingerprint density at radius 1 is 1.31 bits per heavy atom. The molecule has 2 heterocycles. The highest BCUT2D eigenvalue weighted by Crippen LogP contribution is 2.35. The smallest absolute Gasteiger partial charge is 0.249 e. The highest BCUT2D eigenvalue weighted by Gasteiger charge is 2.33. The Bertz CT molecular complexity index is 1100. The zero-order valence-electron chi connectivity index (χ0n) is 15.3. The van der Waals surface area contributed by atoms with E-state index >= 15 is 0 Å². The zero-order valence-corrected chi connectivity index (χ0v) is 16.0. The summed E-state index contributed by atoms with van der Waals surface area (Å²) in [6.07, 6.45) is 1.48. The first-order chi connectivity index (χ1) is 14.0. The Hall–Kier alpha value is -3.39. The molecule has 3 aromatic rings. The van der Waals surface area contributed by atoms with E-state index < -0.39 is 11.9 Å². The third kappa shape index (κ3) is 3.66. The van der Waals surface area contributed by atoms with Crippen molar-refractivity contribution in [3.8, 4) is 16.9 Å². The number of anilines is 2. The lowest BCUT2D eigenvalue weighted by Crippen LogP contribution is -2.35. The summed E-state index contributed by atoms with van der Waals surface area (Å²) in [6, 6.07) is 9.83. The molecule has 1 aliphatic heterocycles. The van der Waals surface area contributed by atoms with E-state index in [0.717, 1.165) is 0 Å². The van der Waals surface area contributed by atoms with Crippen LogP contribution in [-0.4, -0.2) is 28.7 Å². The number of nitrogens with zero attached hydrogens (tertiary/aromatic N) is 2. The summed E-state index contributed by atoms with van der Waals surface area (Å²) in [5, 5.41) is 10.1. The van der Waals surface area contributed by atoms with E-state index in [-0.39, 0.29) is 18.1 Å². The van der Waals surface area contributed by atoms with Gasteiger partial charge in [0.25, 0.3) is 0 Å². The van der Waals surface area contributed by atoms with Crippen LogP contribution in [0.5, 0.6) is 5.75 Å². The number of rotatable bonds is 4. The number of hydrogen-bond donors (Lipinski definition) is 2. The van der Waals surface area contributed by atoms with Crippen molar-refractivity contribution >= 4 is 34.9 Å². The van der Waals surface area contributed by atoms with Crippen molar-refractivity contribution < 1.29 is 18.7 Å². The molecule has 4 rings (SSSR count). The molecule has 29 heavy (non-hydrogen) atoms. The van der Waals surface area contributed by atoms with Gasteiger partial charge < -0.3 is 15.4 Å². The minimum atomic E-state index is -0.839. The van der Waals surface area contributed by atoms with Crippen molar-refractivity contribution in [1.82, 2.24) is 9.78 Å². The highest BCUT2D eigenvalue weighted by molar-refractivity contribution is 6.32. The van der Waals surface area contributed by atoms with Crippen molar-refractivity contribution in [2.24, 2.45) is 0 Å². The van der Waals surface area contributed by atoms with Crippen LogP contribution in [0.2, 0.25) is 5.02 Å². The normalized spacial score (nSPS) is 15.4. The Kier molecular flexibility index (Phi) is 4.94. The molecule has 0 saturated heterocycles. The lowest BCUT2D eigenvalue weighted by Gasteiger charge is -2.24. The van der Waals surface area contributed by atoms with Crippen LogP contribution in [0.25, 0.3) is 11.1 Å². The Labute approximate surface area is 170 Å². The number of methoxy groups -OCH3 is 1. The lowest BCUT2D eigenvalue weighted by atomic mass is 10.1. The number of amides is 2. The van der Waals surface area contributed by atoms with Gasteiger partial charge in [0.2, 0.25) is 11.8 Å². The lowest BCUT2D eigenvalue weighted by molar-refractivity contribution is -0.125. The van der Waals surface area contributed by atoms with Gasteiger partial charge in [-0.3, -0.25) is 9.59 Å². The van der Waals surface area contributed by atoms with Crippen molar-refractivity contribution in [3.05, 3.63) is 59.5 Å². The molecular weight excluding hydrogens is 399 g/mol. The van der Waals surface area contributed by atoms with E-state index in [1.165, 1.54) is 23.9 Å². The first kappa shape index (κ1) is 18.9. The van der Waals surface area contributed by atoms with Crippen LogP contribution < -0.4 is 15.4 Å². The second-order valence-electron chi connectivity index (χ2n) is 6.46. The number of aromatic nitrogens is 2. The van der Waals surface area contributed by atoms with Gasteiger partial charge in [0.15, 0.2) is 0 Å². The molecule has 2 N–H and O–H groups in total. The molecule has 2 amide bonds. The van der Waals surface area contributed by atoms with Crippen molar-refractivity contribution in [2.45, 2.75) is 12.5 Å². The number of carbonyl (C=O) groups is 2. The summed E-state index contributed by atoms with van der Waals surface area (Å²) in [7, 11) is 1.50. The Morgan fingerprint density at radius 2 is 2.07 bits per heavy atom. The SMILES string of the molecule is COc1ccc(NC(=O)[C@H]2CC(=O)Nc3c(-c4ccc(F)cc4)cnn32)cc1Cl. The number of carbonyl (C=O) groups excluding carboxylic acids is 2. The van der Waals surface area contributed by atoms with Gasteiger partial charge in [-0.2, -0.15) is 5.10 Å². The molecule has 9 heteroatoms. The van der Waals surface area contributed by atoms with Gasteiger partial charge in [0, 0.05) is 11.3 Å². The predicted molar refractivity (Wildman–Crippen MR) is 107 cm³/mol. The van der Waals surface area contributed by atoms with Gasteiger partial charge >= 0.3 is 0 Å². The first-order valence-electron chi connectivity index (χ1n) is 8.74. The van der Waals surface area contributed by atoms with Crippen molar-refractivity contribution in [3.63, 3.8) is 0 Å². The fraction of sp³-hybridized carbons (Fsp3) is 0.150. The first-order valence-corrected chi connectivity index (χ1v) is 9.12. The number of ether oxygens (including phenoxy) is 1. The fourth-order valence-electron chi connectivity index (χ4n) is 3.18. The molecule has 7 nitrogen and oxygen atoms in total. The van der Waals surface area contributed by atoms with Crippen LogP contribution >= 0.6 is 11.6 Å². The standard InChI is InChI=1S/C20H16ClFN4O3/c1-29-17-7-6-13(8-15(17)21)24-20(28)16-9-18(27)25-19-14(10-23-26(16)19)11-2-4-12(22)5-3-11/h2-8,10,16H,9H2,1H3,(H,24,28)(H,25,27)/t16-/m1/s1. The molecule has 0 aliphatic carbocycles. The zero-order chi connectivity index (χ0) is 20.5. The fourth-order valence-corrected chi connectivity index (χ4v) is 3.44. The molecule has 1 atom stereocenters. The highest BCUT2D eigenvalue weighted by atomic mass is 35.5. The molecule has 0 spiro atoms. The van der Waals surface area contributed by atoms with Gasteiger partial charge in [-0.1, -0.05) is 23.7 Å². The molecule has 2 aromatic carbocycles. The Morgan fingerprint density at radius 3 is 2.76 bits per heavy atom. The number of nitrogens with one attached hydrogen (secondary N) is 2. The molecule has 1 aromatic heterocycles. The molecule has 0 fully saturated rings. The molecule has 0 saturated carbocycles. The van der Waals surface area contributed by atoms with Crippen LogP contribution in [0.4, 0.5) is 15.9 Å². The van der Waals surface area contributed by atoms with E-state index in [9.17, 15) is 14.0 Å². The summed E-state index contributed by atoms with van der Waals surface area (Å²) in [4.78, 5) is 25.1. The van der Waals surface area contributed by atoms with Crippen LogP contribution in [0.1, 0.15) is 12.5 Å².